The number of carbonyl (C=O) groups is 1. The molecule has 3 aromatic rings. The lowest BCUT2D eigenvalue weighted by molar-refractivity contribution is 0.0951. The lowest BCUT2D eigenvalue weighted by Crippen LogP contribution is -2.30. The molecule has 0 radical (unpaired) electrons. The number of amides is 1. The molecule has 27 heavy (non-hydrogen) atoms. The van der Waals surface area contributed by atoms with Gasteiger partial charge in [0, 0.05) is 24.5 Å². The number of fused-ring (bicyclic) bond motifs is 1. The molecule has 8 nitrogen and oxygen atoms in total. The summed E-state index contributed by atoms with van der Waals surface area (Å²) in [5, 5.41) is 19.1. The second-order valence-electron chi connectivity index (χ2n) is 6.62. The first-order chi connectivity index (χ1) is 13.2. The Labute approximate surface area is 156 Å². The summed E-state index contributed by atoms with van der Waals surface area (Å²) in [6.45, 7) is 2.37. The molecule has 0 saturated carbocycles. The number of hydrogen-bond acceptors (Lipinski definition) is 6. The zero-order chi connectivity index (χ0) is 18.6. The Hall–Kier alpha value is -3.16. The zero-order valence-corrected chi connectivity index (χ0v) is 15.2. The molecule has 140 valence electrons. The maximum atomic E-state index is 12.6. The fraction of sp³-hybridized carbons (Fsp3) is 0.368. The molecule has 1 fully saturated rings. The van der Waals surface area contributed by atoms with Crippen molar-refractivity contribution in [1.82, 2.24) is 25.7 Å². The molecule has 1 aliphatic rings. The lowest BCUT2D eigenvalue weighted by Gasteiger charge is -2.27. The van der Waals surface area contributed by atoms with Crippen molar-refractivity contribution in [2.24, 2.45) is 0 Å². The number of rotatable bonds is 5. The Morgan fingerprint density at radius 1 is 1.22 bits per heavy atom. The van der Waals surface area contributed by atoms with Gasteiger partial charge in [0.15, 0.2) is 5.82 Å². The summed E-state index contributed by atoms with van der Waals surface area (Å²) in [4.78, 5) is 14.9. The number of hydrogen-bond donors (Lipinski definition) is 2. The van der Waals surface area contributed by atoms with E-state index in [0.717, 1.165) is 35.5 Å². The van der Waals surface area contributed by atoms with Gasteiger partial charge < -0.3 is 15.0 Å². The van der Waals surface area contributed by atoms with Gasteiger partial charge in [0.25, 0.3) is 5.91 Å². The van der Waals surface area contributed by atoms with Gasteiger partial charge in [-0.15, -0.1) is 5.10 Å². The largest absolute Gasteiger partial charge is 0.497 e. The number of piperidine rings is 1. The molecular weight excluding hydrogens is 344 g/mol. The van der Waals surface area contributed by atoms with Crippen LogP contribution in [0.25, 0.3) is 10.9 Å². The average molecular weight is 366 g/mol. The second kappa shape index (κ2) is 7.61. The van der Waals surface area contributed by atoms with E-state index in [1.807, 2.05) is 18.2 Å². The molecule has 1 amide bonds. The van der Waals surface area contributed by atoms with Gasteiger partial charge in [-0.2, -0.15) is 10.2 Å². The van der Waals surface area contributed by atoms with Crippen LogP contribution in [0, 0.1) is 0 Å². The van der Waals surface area contributed by atoms with Crippen molar-refractivity contribution >= 4 is 22.6 Å². The highest BCUT2D eigenvalue weighted by Gasteiger charge is 2.15. The number of anilines is 1. The molecule has 1 aliphatic heterocycles. The summed E-state index contributed by atoms with van der Waals surface area (Å²) in [6, 6.07) is 7.40. The Morgan fingerprint density at radius 2 is 2.07 bits per heavy atom. The molecule has 2 aromatic heterocycles. The zero-order valence-electron chi connectivity index (χ0n) is 15.2. The minimum Gasteiger partial charge on any atom is -0.497 e. The molecule has 1 aromatic carbocycles. The third kappa shape index (κ3) is 3.69. The van der Waals surface area contributed by atoms with Gasteiger partial charge in [0.2, 0.25) is 0 Å². The van der Waals surface area contributed by atoms with Crippen LogP contribution in [-0.4, -0.2) is 46.5 Å². The normalized spacial score (nSPS) is 14.3. The van der Waals surface area contributed by atoms with Gasteiger partial charge in [-0.25, -0.2) is 0 Å². The fourth-order valence-corrected chi connectivity index (χ4v) is 3.34. The number of carbonyl (C=O) groups excluding carboxylic acids is 1. The predicted molar refractivity (Wildman–Crippen MR) is 102 cm³/mol. The van der Waals surface area contributed by atoms with E-state index in [9.17, 15) is 4.79 Å². The van der Waals surface area contributed by atoms with E-state index in [-0.39, 0.29) is 5.91 Å². The fourth-order valence-electron chi connectivity index (χ4n) is 3.34. The summed E-state index contributed by atoms with van der Waals surface area (Å²) in [6.07, 6.45) is 5.31. The predicted octanol–water partition coefficient (Wildman–Crippen LogP) is 2.28. The number of aromatic amines is 1. The molecule has 1 saturated heterocycles. The highest BCUT2D eigenvalue weighted by molar-refractivity contribution is 6.06. The first kappa shape index (κ1) is 17.3. The molecule has 4 rings (SSSR count). The number of H-pyrrole nitrogens is 1. The number of ether oxygens (including phenoxy) is 1. The van der Waals surface area contributed by atoms with Crippen LogP contribution in [0.4, 0.5) is 5.82 Å². The highest BCUT2D eigenvalue weighted by Crippen LogP contribution is 2.23. The molecule has 3 heterocycles. The maximum Gasteiger partial charge on any atom is 0.252 e. The first-order valence-corrected chi connectivity index (χ1v) is 9.11. The topological polar surface area (TPSA) is 96.0 Å². The molecule has 0 spiro atoms. The van der Waals surface area contributed by atoms with Crippen LogP contribution in [-0.2, 0) is 6.54 Å². The van der Waals surface area contributed by atoms with Crippen molar-refractivity contribution < 1.29 is 9.53 Å². The number of aromatic nitrogens is 4. The van der Waals surface area contributed by atoms with Crippen molar-refractivity contribution in [3.63, 3.8) is 0 Å². The Kier molecular flexibility index (Phi) is 4.86. The molecule has 0 atom stereocenters. The third-order valence-electron chi connectivity index (χ3n) is 4.83. The SMILES string of the molecule is COc1cc(C(=O)NCc2ccc(N3CCCCC3)nn2)c2cn[nH]c2c1. The smallest absolute Gasteiger partial charge is 0.252 e. The van der Waals surface area contributed by atoms with E-state index in [1.165, 1.54) is 19.3 Å². The standard InChI is InChI=1S/C19H22N6O2/c1-27-14-9-15(16-12-21-23-17(16)10-14)19(26)20-11-13-5-6-18(24-22-13)25-7-3-2-4-8-25/h5-6,9-10,12H,2-4,7-8,11H2,1H3,(H,20,26)(H,21,23). The van der Waals surface area contributed by atoms with Gasteiger partial charge in [0.05, 0.1) is 36.6 Å². The second-order valence-corrected chi connectivity index (χ2v) is 6.62. The number of nitrogens with zero attached hydrogens (tertiary/aromatic N) is 4. The van der Waals surface area contributed by atoms with Crippen LogP contribution >= 0.6 is 0 Å². The minimum atomic E-state index is -0.206. The molecular formula is C19H22N6O2. The Morgan fingerprint density at radius 3 is 2.81 bits per heavy atom. The van der Waals surface area contributed by atoms with Gasteiger partial charge in [0.1, 0.15) is 5.75 Å². The summed E-state index contributed by atoms with van der Waals surface area (Å²) in [5.74, 6) is 1.29. The van der Waals surface area contributed by atoms with E-state index >= 15 is 0 Å². The van der Waals surface area contributed by atoms with Crippen molar-refractivity contribution in [3.05, 3.63) is 41.7 Å². The van der Waals surface area contributed by atoms with E-state index < -0.39 is 0 Å². The minimum absolute atomic E-state index is 0.206. The molecule has 0 unspecified atom stereocenters. The van der Waals surface area contributed by atoms with Crippen molar-refractivity contribution in [3.8, 4) is 5.75 Å². The van der Waals surface area contributed by atoms with Crippen molar-refractivity contribution in [1.29, 1.82) is 0 Å². The van der Waals surface area contributed by atoms with Crippen molar-refractivity contribution in [2.45, 2.75) is 25.8 Å². The van der Waals surface area contributed by atoms with Crippen LogP contribution in [0.15, 0.2) is 30.5 Å². The third-order valence-corrected chi connectivity index (χ3v) is 4.83. The molecule has 0 bridgehead atoms. The van der Waals surface area contributed by atoms with Crippen LogP contribution in [0.5, 0.6) is 5.75 Å². The molecule has 2 N–H and O–H groups in total. The first-order valence-electron chi connectivity index (χ1n) is 9.11. The molecule has 8 heteroatoms. The van der Waals surface area contributed by atoms with E-state index in [1.54, 1.807) is 19.4 Å². The van der Waals surface area contributed by atoms with Crippen LogP contribution in [0.3, 0.4) is 0 Å². The summed E-state index contributed by atoms with van der Waals surface area (Å²) in [7, 11) is 1.57. The van der Waals surface area contributed by atoms with Gasteiger partial charge in [-0.3, -0.25) is 9.89 Å². The van der Waals surface area contributed by atoms with Gasteiger partial charge in [-0.05, 0) is 37.5 Å². The average Bonchev–Trinajstić information content (AvgIpc) is 3.21. The quantitative estimate of drug-likeness (QED) is 0.719. The lowest BCUT2D eigenvalue weighted by atomic mass is 10.1. The summed E-state index contributed by atoms with van der Waals surface area (Å²) < 4.78 is 5.26. The van der Waals surface area contributed by atoms with Crippen LogP contribution in [0.2, 0.25) is 0 Å². The maximum absolute atomic E-state index is 12.6. The van der Waals surface area contributed by atoms with Crippen molar-refractivity contribution in [2.75, 3.05) is 25.1 Å². The Balaban J connectivity index is 1.44. The van der Waals surface area contributed by atoms with Crippen LogP contribution < -0.4 is 15.0 Å². The van der Waals surface area contributed by atoms with Gasteiger partial charge >= 0.3 is 0 Å². The monoisotopic (exact) mass is 366 g/mol. The Bertz CT molecular complexity index is 931. The van der Waals surface area contributed by atoms with E-state index in [0.29, 0.717) is 17.9 Å². The summed E-state index contributed by atoms with van der Waals surface area (Å²) in [5.41, 5.74) is 1.98. The van der Waals surface area contributed by atoms with E-state index in [4.69, 9.17) is 4.74 Å². The van der Waals surface area contributed by atoms with E-state index in [2.05, 4.69) is 30.6 Å². The number of benzene rings is 1. The number of nitrogens with one attached hydrogen (secondary N) is 2. The number of methoxy groups -OCH3 is 1. The summed E-state index contributed by atoms with van der Waals surface area (Å²) >= 11 is 0. The molecule has 0 aliphatic carbocycles. The highest BCUT2D eigenvalue weighted by atomic mass is 16.5. The van der Waals surface area contributed by atoms with Crippen LogP contribution in [0.1, 0.15) is 35.3 Å². The van der Waals surface area contributed by atoms with Gasteiger partial charge in [-0.1, -0.05) is 0 Å².